The number of rotatable bonds is 7. The zero-order valence-corrected chi connectivity index (χ0v) is 14.6. The molecule has 0 saturated carbocycles. The summed E-state index contributed by atoms with van der Waals surface area (Å²) in [5, 5.41) is 15.1. The molecular formula is C14H23Cl2N3O3. The van der Waals surface area contributed by atoms with Crippen LogP contribution in [0.1, 0.15) is 24.2 Å². The van der Waals surface area contributed by atoms with Crippen molar-refractivity contribution in [1.29, 1.82) is 0 Å². The minimum atomic E-state index is -0.340. The zero-order chi connectivity index (χ0) is 16.0. The first-order valence-corrected chi connectivity index (χ1v) is 7.23. The molecule has 1 aromatic rings. The van der Waals surface area contributed by atoms with Crippen LogP contribution in [0.15, 0.2) is 12.1 Å². The van der Waals surface area contributed by atoms with Gasteiger partial charge in [0.2, 0.25) is 0 Å². The van der Waals surface area contributed by atoms with Crippen LogP contribution in [-0.4, -0.2) is 43.8 Å². The van der Waals surface area contributed by atoms with Crippen LogP contribution < -0.4 is 15.8 Å². The second-order valence-corrected chi connectivity index (χ2v) is 5.15. The van der Waals surface area contributed by atoms with Gasteiger partial charge >= 0.3 is 0 Å². The normalized spacial score (nSPS) is 10.8. The number of quaternary nitrogens is 1. The Hall–Kier alpha value is -1.21. The van der Waals surface area contributed by atoms with E-state index < -0.39 is 0 Å². The Labute approximate surface area is 142 Å². The highest BCUT2D eigenvalue weighted by Gasteiger charge is 2.16. The molecule has 6 nitrogen and oxygen atoms in total. The summed E-state index contributed by atoms with van der Waals surface area (Å²) in [6.45, 7) is 5.23. The number of hydrogen-bond acceptors (Lipinski definition) is 4. The highest BCUT2D eigenvalue weighted by molar-refractivity contribution is 6.33. The lowest BCUT2D eigenvalue weighted by molar-refractivity contribution is -0.875. The number of halogens is 2. The summed E-state index contributed by atoms with van der Waals surface area (Å²) in [5.41, 5.74) is 6.32. The van der Waals surface area contributed by atoms with Crippen LogP contribution in [0.25, 0.3) is 0 Å². The van der Waals surface area contributed by atoms with E-state index in [0.717, 1.165) is 0 Å². The van der Waals surface area contributed by atoms with Crippen molar-refractivity contribution >= 4 is 35.6 Å². The molecule has 0 atom stereocenters. The molecule has 126 valence electrons. The quantitative estimate of drug-likeness (QED) is 0.448. The Balaban J connectivity index is 0.00000441. The number of nitrogens with zero attached hydrogens (tertiary/aromatic N) is 1. The number of amides is 1. The first-order chi connectivity index (χ1) is 9.86. The van der Waals surface area contributed by atoms with Crippen molar-refractivity contribution in [2.45, 2.75) is 13.8 Å². The molecule has 0 aliphatic carbocycles. The first-order valence-electron chi connectivity index (χ1n) is 6.85. The van der Waals surface area contributed by atoms with E-state index in [1.165, 1.54) is 19.2 Å². The van der Waals surface area contributed by atoms with Gasteiger partial charge in [-0.05, 0) is 19.9 Å². The Morgan fingerprint density at radius 2 is 2.00 bits per heavy atom. The minimum absolute atomic E-state index is 0. The number of benzene rings is 1. The molecule has 0 saturated heterocycles. The molecule has 0 aliphatic rings. The standard InChI is InChI=1S/C14H22ClN3O3.ClH/c1-4-18(20,5-2)7-6-17-14(19)10-8-11(15)12(16)9-13(10)21-3;/h8-9H,4-7,16H2,1-3H3,(H,17,19);1H. The number of nitrogens with one attached hydrogen (secondary N) is 1. The predicted octanol–water partition coefficient (Wildman–Crippen LogP) is 2.44. The molecule has 22 heavy (non-hydrogen) atoms. The van der Waals surface area contributed by atoms with E-state index in [9.17, 15) is 10.0 Å². The van der Waals surface area contributed by atoms with Gasteiger partial charge in [0.15, 0.2) is 0 Å². The van der Waals surface area contributed by atoms with Gasteiger partial charge in [0.1, 0.15) is 5.75 Å². The second-order valence-electron chi connectivity index (χ2n) is 4.74. The van der Waals surface area contributed by atoms with E-state index in [1.807, 2.05) is 13.8 Å². The van der Waals surface area contributed by atoms with Gasteiger partial charge in [0, 0.05) is 6.07 Å². The molecule has 8 heteroatoms. The molecule has 3 N–H and O–H groups in total. The average molecular weight is 352 g/mol. The smallest absolute Gasteiger partial charge is 0.255 e. The number of anilines is 1. The molecule has 0 radical (unpaired) electrons. The summed E-state index contributed by atoms with van der Waals surface area (Å²) in [4.78, 5) is 12.2. The monoisotopic (exact) mass is 351 g/mol. The van der Waals surface area contributed by atoms with Gasteiger partial charge in [-0.2, -0.15) is 0 Å². The maximum Gasteiger partial charge on any atom is 0.255 e. The molecule has 1 rings (SSSR count). The number of carbonyl (C=O) groups excluding carboxylic acids is 1. The van der Waals surface area contributed by atoms with Gasteiger partial charge in [-0.25, -0.2) is 0 Å². The van der Waals surface area contributed by atoms with Crippen LogP contribution in [0.4, 0.5) is 5.69 Å². The predicted molar refractivity (Wildman–Crippen MR) is 91.6 cm³/mol. The third-order valence-electron chi connectivity index (χ3n) is 3.52. The summed E-state index contributed by atoms with van der Waals surface area (Å²) in [7, 11) is 1.45. The van der Waals surface area contributed by atoms with Crippen molar-refractivity contribution in [3.05, 3.63) is 27.9 Å². The van der Waals surface area contributed by atoms with E-state index in [4.69, 9.17) is 22.1 Å². The summed E-state index contributed by atoms with van der Waals surface area (Å²) in [6, 6.07) is 2.97. The van der Waals surface area contributed by atoms with E-state index in [-0.39, 0.29) is 34.5 Å². The van der Waals surface area contributed by atoms with E-state index >= 15 is 0 Å². The van der Waals surface area contributed by atoms with Crippen LogP contribution in [0.3, 0.4) is 0 Å². The average Bonchev–Trinajstić information content (AvgIpc) is 2.49. The van der Waals surface area contributed by atoms with Crippen LogP contribution in [0.5, 0.6) is 5.75 Å². The van der Waals surface area contributed by atoms with Crippen molar-refractivity contribution in [3.8, 4) is 5.75 Å². The highest BCUT2D eigenvalue weighted by atomic mass is 35.5. The van der Waals surface area contributed by atoms with Gasteiger partial charge in [-0.3, -0.25) is 4.79 Å². The summed E-state index contributed by atoms with van der Waals surface area (Å²) in [5.74, 6) is 0.00997. The Bertz CT molecular complexity index is 508. The molecule has 0 fully saturated rings. The fourth-order valence-corrected chi connectivity index (χ4v) is 2.09. The number of nitrogen functional groups attached to an aromatic ring is 1. The molecule has 0 aromatic heterocycles. The zero-order valence-electron chi connectivity index (χ0n) is 13.0. The van der Waals surface area contributed by atoms with Crippen molar-refractivity contribution in [2.24, 2.45) is 0 Å². The SMILES string of the molecule is CC[N+]([O-])(CC)CCNC(=O)c1cc(Cl)c(N)cc1OC.Cl. The molecule has 1 aromatic carbocycles. The van der Waals surface area contributed by atoms with Crippen molar-refractivity contribution < 1.29 is 14.2 Å². The highest BCUT2D eigenvalue weighted by Crippen LogP contribution is 2.28. The molecule has 1 amide bonds. The minimum Gasteiger partial charge on any atom is -0.633 e. The number of hydrogen-bond donors (Lipinski definition) is 2. The van der Waals surface area contributed by atoms with Gasteiger partial charge in [0.05, 0.1) is 49.6 Å². The molecule has 0 bridgehead atoms. The topological polar surface area (TPSA) is 87.4 Å². The second kappa shape index (κ2) is 9.05. The number of hydroxylamine groups is 3. The summed E-state index contributed by atoms with van der Waals surface area (Å²) >= 11 is 5.92. The Kier molecular flexibility index (Phi) is 8.55. The van der Waals surface area contributed by atoms with Gasteiger partial charge in [-0.15, -0.1) is 12.4 Å². The summed E-state index contributed by atoms with van der Waals surface area (Å²) in [6.07, 6.45) is 0. The maximum atomic E-state index is 12.2. The fourth-order valence-electron chi connectivity index (χ4n) is 1.92. The molecular weight excluding hydrogens is 329 g/mol. The number of methoxy groups -OCH3 is 1. The Morgan fingerprint density at radius 1 is 1.41 bits per heavy atom. The largest absolute Gasteiger partial charge is 0.633 e. The van der Waals surface area contributed by atoms with E-state index in [2.05, 4.69) is 5.32 Å². The van der Waals surface area contributed by atoms with Crippen LogP contribution in [0.2, 0.25) is 5.02 Å². The third-order valence-corrected chi connectivity index (χ3v) is 3.85. The lowest BCUT2D eigenvalue weighted by Crippen LogP contribution is -2.46. The van der Waals surface area contributed by atoms with Crippen LogP contribution in [-0.2, 0) is 0 Å². The van der Waals surface area contributed by atoms with Crippen LogP contribution in [0, 0.1) is 5.21 Å². The third kappa shape index (κ3) is 5.21. The van der Waals surface area contributed by atoms with Crippen molar-refractivity contribution in [3.63, 3.8) is 0 Å². The van der Waals surface area contributed by atoms with Gasteiger partial charge < -0.3 is 25.6 Å². The van der Waals surface area contributed by atoms with Crippen LogP contribution >= 0.6 is 24.0 Å². The Morgan fingerprint density at radius 3 is 2.50 bits per heavy atom. The molecule has 0 aliphatic heterocycles. The summed E-state index contributed by atoms with van der Waals surface area (Å²) < 4.78 is 4.79. The number of nitrogens with two attached hydrogens (primary N) is 1. The molecule has 0 spiro atoms. The number of ether oxygens (including phenoxy) is 1. The van der Waals surface area contributed by atoms with Gasteiger partial charge in [0.25, 0.3) is 5.91 Å². The number of likely N-dealkylation sites (N-methyl/N-ethyl adjacent to an activating group) is 1. The lowest BCUT2D eigenvalue weighted by atomic mass is 10.1. The molecule has 0 heterocycles. The lowest BCUT2D eigenvalue weighted by Gasteiger charge is -2.41. The van der Waals surface area contributed by atoms with E-state index in [1.54, 1.807) is 0 Å². The van der Waals surface area contributed by atoms with Gasteiger partial charge in [-0.1, -0.05) is 11.6 Å². The maximum absolute atomic E-state index is 12.2. The van der Waals surface area contributed by atoms with Crippen molar-refractivity contribution in [1.82, 2.24) is 5.32 Å². The fraction of sp³-hybridized carbons (Fsp3) is 0.500. The first kappa shape index (κ1) is 20.8. The van der Waals surface area contributed by atoms with E-state index in [0.29, 0.717) is 36.6 Å². The number of carbonyl (C=O) groups is 1. The van der Waals surface area contributed by atoms with Crippen molar-refractivity contribution in [2.75, 3.05) is 39.0 Å². The molecule has 0 unspecified atom stereocenters.